The van der Waals surface area contributed by atoms with Crippen molar-refractivity contribution in [2.24, 2.45) is 5.92 Å². The quantitative estimate of drug-likeness (QED) is 0.940. The van der Waals surface area contributed by atoms with Crippen molar-refractivity contribution in [3.63, 3.8) is 0 Å². The Kier molecular flexibility index (Phi) is 3.96. The van der Waals surface area contributed by atoms with Crippen LogP contribution in [-0.2, 0) is 5.60 Å². The van der Waals surface area contributed by atoms with E-state index in [2.05, 4.69) is 35.9 Å². The summed E-state index contributed by atoms with van der Waals surface area (Å²) < 4.78 is 0. The Labute approximate surface area is 126 Å². The number of pyridine rings is 1. The SMILES string of the molecule is CC(C)CN1CCC(O)(c2cncc3ccccc23)CC1. The Hall–Kier alpha value is -1.45. The summed E-state index contributed by atoms with van der Waals surface area (Å²) in [4.78, 5) is 6.78. The Morgan fingerprint density at radius 3 is 2.62 bits per heavy atom. The molecule has 1 N–H and O–H groups in total. The first-order chi connectivity index (χ1) is 10.1. The second-order valence-electron chi connectivity index (χ2n) is 6.63. The van der Waals surface area contributed by atoms with E-state index in [1.54, 1.807) is 0 Å². The summed E-state index contributed by atoms with van der Waals surface area (Å²) in [6, 6.07) is 8.19. The zero-order valence-corrected chi connectivity index (χ0v) is 12.9. The third-order valence-corrected chi connectivity index (χ3v) is 4.48. The van der Waals surface area contributed by atoms with Crippen LogP contribution in [0.5, 0.6) is 0 Å². The monoisotopic (exact) mass is 284 g/mol. The molecular formula is C18H24N2O. The molecule has 0 unspecified atom stereocenters. The lowest BCUT2D eigenvalue weighted by atomic mass is 9.83. The van der Waals surface area contributed by atoms with Gasteiger partial charge in [0.15, 0.2) is 0 Å². The third kappa shape index (κ3) is 2.94. The second kappa shape index (κ2) is 5.74. The summed E-state index contributed by atoms with van der Waals surface area (Å²) in [6.07, 6.45) is 5.29. The standard InChI is InChI=1S/C18H24N2O/c1-14(2)13-20-9-7-18(21,8-10-20)17-12-19-11-15-5-3-4-6-16(15)17/h3-6,11-12,14,21H,7-10,13H2,1-2H3. The van der Waals surface area contributed by atoms with Gasteiger partial charge in [0, 0.05) is 43.0 Å². The molecule has 2 aromatic rings. The average molecular weight is 284 g/mol. The van der Waals surface area contributed by atoms with Crippen LogP contribution < -0.4 is 0 Å². The molecule has 3 rings (SSSR count). The van der Waals surface area contributed by atoms with Crippen molar-refractivity contribution < 1.29 is 5.11 Å². The first-order valence-corrected chi connectivity index (χ1v) is 7.86. The van der Waals surface area contributed by atoms with Crippen molar-refractivity contribution in [1.29, 1.82) is 0 Å². The van der Waals surface area contributed by atoms with Gasteiger partial charge in [0.05, 0.1) is 5.60 Å². The fraction of sp³-hybridized carbons (Fsp3) is 0.500. The summed E-state index contributed by atoms with van der Waals surface area (Å²) in [7, 11) is 0. The van der Waals surface area contributed by atoms with Gasteiger partial charge in [0.2, 0.25) is 0 Å². The molecule has 3 nitrogen and oxygen atoms in total. The number of aliphatic hydroxyl groups is 1. The molecule has 3 heteroatoms. The van der Waals surface area contributed by atoms with Gasteiger partial charge in [-0.1, -0.05) is 38.1 Å². The zero-order valence-electron chi connectivity index (χ0n) is 12.9. The van der Waals surface area contributed by atoms with Gasteiger partial charge in [-0.05, 0) is 24.1 Å². The van der Waals surface area contributed by atoms with Crippen LogP contribution in [-0.4, -0.2) is 34.6 Å². The summed E-state index contributed by atoms with van der Waals surface area (Å²) >= 11 is 0. The predicted octanol–water partition coefficient (Wildman–Crippen LogP) is 3.17. The number of likely N-dealkylation sites (tertiary alicyclic amines) is 1. The van der Waals surface area contributed by atoms with Crippen LogP contribution in [0.15, 0.2) is 36.7 Å². The van der Waals surface area contributed by atoms with E-state index in [-0.39, 0.29) is 0 Å². The molecule has 0 radical (unpaired) electrons. The van der Waals surface area contributed by atoms with E-state index in [0.717, 1.165) is 48.8 Å². The average Bonchev–Trinajstić information content (AvgIpc) is 2.49. The fourth-order valence-electron chi connectivity index (χ4n) is 3.38. The molecule has 21 heavy (non-hydrogen) atoms. The number of benzene rings is 1. The third-order valence-electron chi connectivity index (χ3n) is 4.48. The molecule has 1 aliphatic heterocycles. The van der Waals surface area contributed by atoms with Crippen molar-refractivity contribution in [2.45, 2.75) is 32.3 Å². The highest BCUT2D eigenvalue weighted by atomic mass is 16.3. The van der Waals surface area contributed by atoms with E-state index in [0.29, 0.717) is 5.92 Å². The van der Waals surface area contributed by atoms with E-state index in [1.165, 1.54) is 0 Å². The van der Waals surface area contributed by atoms with E-state index < -0.39 is 5.60 Å². The van der Waals surface area contributed by atoms with Crippen LogP contribution in [0.1, 0.15) is 32.3 Å². The molecule has 2 heterocycles. The summed E-state index contributed by atoms with van der Waals surface area (Å²) in [5, 5.41) is 13.4. The molecule has 1 fully saturated rings. The largest absolute Gasteiger partial charge is 0.385 e. The zero-order chi connectivity index (χ0) is 14.9. The maximum absolute atomic E-state index is 11.1. The van der Waals surface area contributed by atoms with Crippen molar-refractivity contribution >= 4 is 10.8 Å². The highest BCUT2D eigenvalue weighted by molar-refractivity contribution is 5.85. The molecule has 0 amide bonds. The lowest BCUT2D eigenvalue weighted by Gasteiger charge is -2.39. The number of hydrogen-bond donors (Lipinski definition) is 1. The Bertz CT molecular complexity index is 610. The highest BCUT2D eigenvalue weighted by Gasteiger charge is 2.35. The van der Waals surface area contributed by atoms with Crippen molar-refractivity contribution in [3.05, 3.63) is 42.2 Å². The van der Waals surface area contributed by atoms with Crippen LogP contribution in [0.3, 0.4) is 0 Å². The van der Waals surface area contributed by atoms with E-state index in [4.69, 9.17) is 0 Å². The maximum Gasteiger partial charge on any atom is 0.0941 e. The van der Waals surface area contributed by atoms with Gasteiger partial charge >= 0.3 is 0 Å². The Balaban J connectivity index is 1.86. The lowest BCUT2D eigenvalue weighted by Crippen LogP contribution is -2.43. The smallest absolute Gasteiger partial charge is 0.0941 e. The van der Waals surface area contributed by atoms with Gasteiger partial charge in [-0.25, -0.2) is 0 Å². The molecule has 1 aromatic heterocycles. The number of piperidine rings is 1. The van der Waals surface area contributed by atoms with Crippen molar-refractivity contribution in [2.75, 3.05) is 19.6 Å². The van der Waals surface area contributed by atoms with E-state index in [1.807, 2.05) is 24.5 Å². The fourth-order valence-corrected chi connectivity index (χ4v) is 3.38. The number of nitrogens with zero attached hydrogens (tertiary/aromatic N) is 2. The van der Waals surface area contributed by atoms with Gasteiger partial charge in [-0.3, -0.25) is 4.98 Å². The molecule has 0 aliphatic carbocycles. The predicted molar refractivity (Wildman–Crippen MR) is 86.2 cm³/mol. The van der Waals surface area contributed by atoms with Crippen molar-refractivity contribution in [3.8, 4) is 0 Å². The van der Waals surface area contributed by atoms with Gasteiger partial charge in [0.1, 0.15) is 0 Å². The first kappa shape index (κ1) is 14.5. The summed E-state index contributed by atoms with van der Waals surface area (Å²) in [5.41, 5.74) is 0.256. The molecule has 0 spiro atoms. The molecule has 1 saturated heterocycles. The molecular weight excluding hydrogens is 260 g/mol. The van der Waals surface area contributed by atoms with Gasteiger partial charge in [-0.15, -0.1) is 0 Å². The molecule has 112 valence electrons. The highest BCUT2D eigenvalue weighted by Crippen LogP contribution is 2.36. The van der Waals surface area contributed by atoms with Crippen LogP contribution in [0, 0.1) is 5.92 Å². The minimum atomic E-state index is -0.735. The van der Waals surface area contributed by atoms with Gasteiger partial charge in [-0.2, -0.15) is 0 Å². The number of fused-ring (bicyclic) bond motifs is 1. The Morgan fingerprint density at radius 2 is 1.90 bits per heavy atom. The molecule has 0 saturated carbocycles. The lowest BCUT2D eigenvalue weighted by molar-refractivity contribution is -0.0270. The molecule has 1 aliphatic rings. The second-order valence-corrected chi connectivity index (χ2v) is 6.63. The minimum Gasteiger partial charge on any atom is -0.385 e. The normalized spacial score (nSPS) is 19.2. The van der Waals surface area contributed by atoms with Crippen molar-refractivity contribution in [1.82, 2.24) is 9.88 Å². The maximum atomic E-state index is 11.1. The summed E-state index contributed by atoms with van der Waals surface area (Å²) in [6.45, 7) is 7.52. The molecule has 1 aromatic carbocycles. The Morgan fingerprint density at radius 1 is 1.19 bits per heavy atom. The number of rotatable bonds is 3. The molecule has 0 bridgehead atoms. The van der Waals surface area contributed by atoms with Gasteiger partial charge in [0.25, 0.3) is 0 Å². The number of aromatic nitrogens is 1. The van der Waals surface area contributed by atoms with E-state index >= 15 is 0 Å². The topological polar surface area (TPSA) is 36.4 Å². The van der Waals surface area contributed by atoms with Crippen LogP contribution in [0.4, 0.5) is 0 Å². The van der Waals surface area contributed by atoms with E-state index in [9.17, 15) is 5.11 Å². The molecule has 0 atom stereocenters. The van der Waals surface area contributed by atoms with Crippen LogP contribution in [0.2, 0.25) is 0 Å². The summed E-state index contributed by atoms with van der Waals surface area (Å²) in [5.74, 6) is 0.676. The van der Waals surface area contributed by atoms with Crippen LogP contribution >= 0.6 is 0 Å². The first-order valence-electron chi connectivity index (χ1n) is 7.86. The number of hydrogen-bond acceptors (Lipinski definition) is 3. The van der Waals surface area contributed by atoms with Gasteiger partial charge < -0.3 is 10.0 Å². The van der Waals surface area contributed by atoms with Crippen LogP contribution in [0.25, 0.3) is 10.8 Å². The minimum absolute atomic E-state index is 0.676.